The van der Waals surface area contributed by atoms with Crippen molar-refractivity contribution in [2.75, 3.05) is 0 Å². The molecule has 0 saturated carbocycles. The van der Waals surface area contributed by atoms with Crippen LogP contribution in [0.2, 0.25) is 0 Å². The van der Waals surface area contributed by atoms with E-state index < -0.39 is 6.18 Å². The van der Waals surface area contributed by atoms with Crippen LogP contribution in [0.3, 0.4) is 0 Å². The molecule has 0 bridgehead atoms. The number of hydrogen-bond donors (Lipinski definition) is 1. The van der Waals surface area contributed by atoms with Crippen LogP contribution in [0.5, 0.6) is 0 Å². The van der Waals surface area contributed by atoms with E-state index in [-0.39, 0.29) is 18.7 Å². The fraction of sp³-hybridized carbons (Fsp3) is 0.0952. The minimum absolute atomic E-state index is 0.176. The number of aromatic nitrogens is 4. The Morgan fingerprint density at radius 3 is 2.27 bits per heavy atom. The van der Waals surface area contributed by atoms with Gasteiger partial charge in [-0.3, -0.25) is 0 Å². The van der Waals surface area contributed by atoms with Gasteiger partial charge in [-0.25, -0.2) is 19.4 Å². The van der Waals surface area contributed by atoms with E-state index in [4.69, 9.17) is 10.2 Å². The molecular formula is C21H16F4N6OS. The van der Waals surface area contributed by atoms with Crippen LogP contribution in [-0.4, -0.2) is 32.7 Å². The number of halogens is 4. The lowest BCUT2D eigenvalue weighted by Crippen LogP contribution is -1.95. The fourth-order valence-corrected chi connectivity index (χ4v) is 3.07. The monoisotopic (exact) mass is 476 g/mol. The van der Waals surface area contributed by atoms with Crippen LogP contribution >= 0.6 is 11.8 Å². The first-order valence-corrected chi connectivity index (χ1v) is 10.1. The molecule has 0 unspecified atom stereocenters. The topological polar surface area (TPSA) is 103 Å². The third-order valence-electron chi connectivity index (χ3n) is 3.64. The van der Waals surface area contributed by atoms with Crippen molar-refractivity contribution in [3.63, 3.8) is 0 Å². The predicted octanol–water partition coefficient (Wildman–Crippen LogP) is 5.67. The molecule has 0 saturated heterocycles. The Hall–Kier alpha value is -3.80. The second-order valence-electron chi connectivity index (χ2n) is 6.30. The van der Waals surface area contributed by atoms with Gasteiger partial charge < -0.3 is 10.2 Å². The van der Waals surface area contributed by atoms with Crippen molar-refractivity contribution in [1.82, 2.24) is 20.2 Å². The maximum atomic E-state index is 13.2. The molecule has 2 N–H and O–H groups in total. The lowest BCUT2D eigenvalue weighted by molar-refractivity contribution is -0.110. The van der Waals surface area contributed by atoms with Crippen LogP contribution in [0.15, 0.2) is 80.3 Å². The highest BCUT2D eigenvalue weighted by atomic mass is 32.2. The maximum Gasteiger partial charge on any atom is 0.386 e. The van der Waals surface area contributed by atoms with Gasteiger partial charge in [0, 0.05) is 18.1 Å². The average molecular weight is 476 g/mol. The molecule has 0 atom stereocenters. The number of benzene rings is 2. The first kappa shape index (κ1) is 23.9. The quantitative estimate of drug-likeness (QED) is 0.171. The second-order valence-corrected chi connectivity index (χ2v) is 7.27. The fourth-order valence-electron chi connectivity index (χ4n) is 2.40. The van der Waals surface area contributed by atoms with Gasteiger partial charge in [-0.15, -0.1) is 10.2 Å². The Bertz CT molecular complexity index is 1210. The van der Waals surface area contributed by atoms with Gasteiger partial charge in [-0.1, -0.05) is 18.2 Å². The molecule has 4 rings (SSSR count). The van der Waals surface area contributed by atoms with Crippen molar-refractivity contribution >= 4 is 24.0 Å². The molecule has 0 aliphatic carbocycles. The average Bonchev–Trinajstić information content (AvgIpc) is 3.22. The van der Waals surface area contributed by atoms with E-state index in [2.05, 4.69) is 25.2 Å². The minimum Gasteiger partial charge on any atom is -0.411 e. The van der Waals surface area contributed by atoms with Gasteiger partial charge >= 0.3 is 6.18 Å². The summed E-state index contributed by atoms with van der Waals surface area (Å²) >= 11 is 1.17. The van der Waals surface area contributed by atoms with Crippen LogP contribution in [0.4, 0.5) is 23.5 Å². The number of alkyl halides is 3. The molecule has 0 radical (unpaired) electrons. The second kappa shape index (κ2) is 10.7. The molecule has 7 nitrogen and oxygen atoms in total. The predicted molar refractivity (Wildman–Crippen MR) is 115 cm³/mol. The molecule has 4 aromatic rings. The Kier molecular flexibility index (Phi) is 7.72. The van der Waals surface area contributed by atoms with Crippen molar-refractivity contribution in [2.24, 2.45) is 10.7 Å². The zero-order chi connectivity index (χ0) is 23.8. The van der Waals surface area contributed by atoms with E-state index in [0.29, 0.717) is 21.8 Å². The Morgan fingerprint density at radius 2 is 1.64 bits per heavy atom. The summed E-state index contributed by atoms with van der Waals surface area (Å²) in [5, 5.41) is 8.97. The van der Waals surface area contributed by atoms with E-state index in [1.54, 1.807) is 18.2 Å². The lowest BCUT2D eigenvalue weighted by Gasteiger charge is -2.04. The van der Waals surface area contributed by atoms with Crippen molar-refractivity contribution in [3.8, 4) is 22.7 Å². The SMILES string of the molecule is CC(F)(F)F.N/C=N\c1nc(Sc2nnc(-c3ccccc3)o2)cc(-c2ccc(F)cc2)n1. The van der Waals surface area contributed by atoms with Gasteiger partial charge in [-0.05, 0) is 54.2 Å². The normalized spacial score (nSPS) is 11.3. The Balaban J connectivity index is 0.000000555. The first-order valence-electron chi connectivity index (χ1n) is 9.24. The maximum absolute atomic E-state index is 13.2. The molecule has 170 valence electrons. The molecule has 12 heteroatoms. The molecule has 0 fully saturated rings. The summed E-state index contributed by atoms with van der Waals surface area (Å²) in [6.45, 7) is 0.188. The summed E-state index contributed by atoms with van der Waals surface area (Å²) in [6, 6.07) is 17.2. The van der Waals surface area contributed by atoms with Crippen LogP contribution in [0.25, 0.3) is 22.7 Å². The minimum atomic E-state index is -4.00. The molecule has 2 aromatic heterocycles. The summed E-state index contributed by atoms with van der Waals surface area (Å²) in [4.78, 5) is 12.6. The zero-order valence-electron chi connectivity index (χ0n) is 17.0. The van der Waals surface area contributed by atoms with Gasteiger partial charge in [0.2, 0.25) is 5.89 Å². The summed E-state index contributed by atoms with van der Waals surface area (Å²) in [5.41, 5.74) is 7.48. The van der Waals surface area contributed by atoms with Crippen molar-refractivity contribution in [2.45, 2.75) is 23.3 Å². The largest absolute Gasteiger partial charge is 0.411 e. The number of hydrogen-bond acceptors (Lipinski definition) is 7. The Morgan fingerprint density at radius 1 is 0.970 bits per heavy atom. The van der Waals surface area contributed by atoms with Crippen molar-refractivity contribution in [3.05, 3.63) is 66.5 Å². The zero-order valence-corrected chi connectivity index (χ0v) is 17.8. The molecule has 33 heavy (non-hydrogen) atoms. The number of aliphatic imine (C=N–C) groups is 1. The number of rotatable bonds is 5. The third kappa shape index (κ3) is 7.68. The van der Waals surface area contributed by atoms with Crippen LogP contribution in [-0.2, 0) is 0 Å². The molecule has 2 heterocycles. The highest BCUT2D eigenvalue weighted by Gasteiger charge is 2.16. The van der Waals surface area contributed by atoms with Gasteiger partial charge in [0.05, 0.1) is 12.0 Å². The van der Waals surface area contributed by atoms with Gasteiger partial charge in [0.1, 0.15) is 10.8 Å². The van der Waals surface area contributed by atoms with E-state index in [1.165, 1.54) is 23.9 Å². The summed E-state index contributed by atoms with van der Waals surface area (Å²) in [7, 11) is 0. The summed E-state index contributed by atoms with van der Waals surface area (Å²) in [5.74, 6) is 0.262. The Labute approximate surface area is 189 Å². The summed E-state index contributed by atoms with van der Waals surface area (Å²) < 4.78 is 50.0. The molecule has 0 amide bonds. The van der Waals surface area contributed by atoms with Crippen molar-refractivity contribution < 1.29 is 22.0 Å². The van der Waals surface area contributed by atoms with Gasteiger partial charge in [0.15, 0.2) is 0 Å². The number of nitrogens with two attached hydrogens (primary N) is 1. The molecule has 2 aromatic carbocycles. The van der Waals surface area contributed by atoms with Crippen LogP contribution in [0, 0.1) is 5.82 Å². The standard InChI is InChI=1S/C19H13FN6OS.C2H3F3/c20-14-8-6-12(7-9-14)15-10-16(24-18(23-15)22-11-21)28-19-26-25-17(27-19)13-4-2-1-3-5-13;1-2(3,4)5/h1-11H,(H2,21,22,23,24);1H3. The highest BCUT2D eigenvalue weighted by molar-refractivity contribution is 7.99. The van der Waals surface area contributed by atoms with Crippen molar-refractivity contribution in [1.29, 1.82) is 0 Å². The smallest absolute Gasteiger partial charge is 0.386 e. The van der Waals surface area contributed by atoms with Gasteiger partial charge in [0.25, 0.3) is 11.2 Å². The number of nitrogens with zero attached hydrogens (tertiary/aromatic N) is 5. The molecular weight excluding hydrogens is 460 g/mol. The molecule has 0 aliphatic rings. The first-order chi connectivity index (χ1) is 15.7. The van der Waals surface area contributed by atoms with E-state index in [0.717, 1.165) is 17.5 Å². The van der Waals surface area contributed by atoms with E-state index >= 15 is 0 Å². The van der Waals surface area contributed by atoms with E-state index in [9.17, 15) is 17.6 Å². The van der Waals surface area contributed by atoms with E-state index in [1.807, 2.05) is 30.3 Å². The molecule has 0 spiro atoms. The lowest BCUT2D eigenvalue weighted by atomic mass is 10.1. The van der Waals surface area contributed by atoms with Crippen LogP contribution in [0.1, 0.15) is 6.92 Å². The van der Waals surface area contributed by atoms with Gasteiger partial charge in [-0.2, -0.15) is 13.2 Å². The highest BCUT2D eigenvalue weighted by Crippen LogP contribution is 2.31. The third-order valence-corrected chi connectivity index (χ3v) is 4.40. The van der Waals surface area contributed by atoms with Crippen LogP contribution < -0.4 is 5.73 Å². The molecule has 0 aliphatic heterocycles. The summed E-state index contributed by atoms with van der Waals surface area (Å²) in [6.07, 6.45) is -2.89.